The van der Waals surface area contributed by atoms with Crippen LogP contribution in [0.5, 0.6) is 0 Å². The van der Waals surface area contributed by atoms with Gasteiger partial charge in [-0.25, -0.2) is 4.98 Å². The number of amides is 1. The van der Waals surface area contributed by atoms with Gasteiger partial charge in [-0.2, -0.15) is 0 Å². The van der Waals surface area contributed by atoms with E-state index < -0.39 is 17.8 Å². The van der Waals surface area contributed by atoms with Gasteiger partial charge in [-0.15, -0.1) is 0 Å². The molecule has 0 saturated carbocycles. The van der Waals surface area contributed by atoms with E-state index in [9.17, 15) is 9.59 Å². The van der Waals surface area contributed by atoms with Gasteiger partial charge >= 0.3 is 5.97 Å². The van der Waals surface area contributed by atoms with E-state index in [-0.39, 0.29) is 12.6 Å². The Morgan fingerprint density at radius 3 is 2.55 bits per heavy atom. The first kappa shape index (κ1) is 20.3. The van der Waals surface area contributed by atoms with E-state index in [0.29, 0.717) is 5.69 Å². The Labute approximate surface area is 170 Å². The van der Waals surface area contributed by atoms with Gasteiger partial charge in [0.1, 0.15) is 0 Å². The molecular formula is C23H25N3O3. The maximum Gasteiger partial charge on any atom is 0.320 e. The van der Waals surface area contributed by atoms with Gasteiger partial charge in [0, 0.05) is 30.2 Å². The van der Waals surface area contributed by atoms with Crippen molar-refractivity contribution in [1.82, 2.24) is 9.55 Å². The van der Waals surface area contributed by atoms with Gasteiger partial charge < -0.3 is 14.6 Å². The molecule has 0 unspecified atom stereocenters. The Hall–Kier alpha value is -3.41. The summed E-state index contributed by atoms with van der Waals surface area (Å²) in [7, 11) is 0. The fraction of sp³-hybridized carbons (Fsp3) is 0.261. The molecule has 1 atom stereocenters. The molecule has 1 N–H and O–H groups in total. The molecule has 0 aliphatic rings. The van der Waals surface area contributed by atoms with E-state index in [1.165, 1.54) is 0 Å². The van der Waals surface area contributed by atoms with Crippen molar-refractivity contribution in [1.29, 1.82) is 0 Å². The van der Waals surface area contributed by atoms with Crippen LogP contribution >= 0.6 is 0 Å². The number of aryl methyl sites for hydroxylation is 1. The second-order valence-corrected chi connectivity index (χ2v) is 7.20. The SMILES string of the molecule is Cc1ccc(-c2ccccc2)c(NC(=O)[C@H](Cn2ccnc2)C(=O)OC(C)C)c1. The molecule has 6 heteroatoms. The van der Waals surface area contributed by atoms with Crippen LogP contribution in [0.4, 0.5) is 5.69 Å². The fourth-order valence-corrected chi connectivity index (χ4v) is 3.04. The zero-order valence-corrected chi connectivity index (χ0v) is 16.8. The van der Waals surface area contributed by atoms with Crippen LogP contribution in [0.25, 0.3) is 11.1 Å². The fourth-order valence-electron chi connectivity index (χ4n) is 3.04. The normalized spacial score (nSPS) is 11.9. The van der Waals surface area contributed by atoms with E-state index in [4.69, 9.17) is 4.74 Å². The summed E-state index contributed by atoms with van der Waals surface area (Å²) in [4.78, 5) is 29.7. The van der Waals surface area contributed by atoms with Crippen LogP contribution in [-0.2, 0) is 20.9 Å². The lowest BCUT2D eigenvalue weighted by Crippen LogP contribution is -2.35. The van der Waals surface area contributed by atoms with Crippen molar-refractivity contribution in [2.75, 3.05) is 5.32 Å². The molecule has 6 nitrogen and oxygen atoms in total. The maximum absolute atomic E-state index is 13.1. The van der Waals surface area contributed by atoms with Gasteiger partial charge in [0.25, 0.3) is 0 Å². The standard InChI is InChI=1S/C23H25N3O3/c1-16(2)29-23(28)20(14-26-12-11-24-15-26)22(27)25-21-13-17(3)9-10-19(21)18-7-5-4-6-8-18/h4-13,15-16,20H,14H2,1-3H3,(H,25,27)/t20-/m0/s1. The Balaban J connectivity index is 1.89. The number of imidazole rings is 1. The average molecular weight is 391 g/mol. The van der Waals surface area contributed by atoms with E-state index in [2.05, 4.69) is 10.3 Å². The first-order valence-electron chi connectivity index (χ1n) is 9.57. The van der Waals surface area contributed by atoms with Crippen LogP contribution < -0.4 is 5.32 Å². The molecule has 1 amide bonds. The first-order chi connectivity index (χ1) is 13.9. The number of anilines is 1. The number of ether oxygens (including phenoxy) is 1. The summed E-state index contributed by atoms with van der Waals surface area (Å²) in [6.07, 6.45) is 4.59. The van der Waals surface area contributed by atoms with Crippen molar-refractivity contribution >= 4 is 17.6 Å². The molecular weight excluding hydrogens is 366 g/mol. The third-order valence-corrected chi connectivity index (χ3v) is 4.42. The number of carbonyl (C=O) groups is 2. The van der Waals surface area contributed by atoms with Crippen molar-refractivity contribution in [3.63, 3.8) is 0 Å². The molecule has 1 aromatic heterocycles. The second-order valence-electron chi connectivity index (χ2n) is 7.20. The first-order valence-corrected chi connectivity index (χ1v) is 9.57. The number of carbonyl (C=O) groups excluding carboxylic acids is 2. The molecule has 0 bridgehead atoms. The minimum absolute atomic E-state index is 0.157. The molecule has 1 heterocycles. The summed E-state index contributed by atoms with van der Waals surface area (Å²) in [6, 6.07) is 15.7. The average Bonchev–Trinajstić information content (AvgIpc) is 3.19. The predicted molar refractivity (Wildman–Crippen MR) is 112 cm³/mol. The summed E-state index contributed by atoms with van der Waals surface area (Å²) < 4.78 is 7.02. The maximum atomic E-state index is 13.1. The highest BCUT2D eigenvalue weighted by Crippen LogP contribution is 2.29. The van der Waals surface area contributed by atoms with Gasteiger partial charge in [0.05, 0.1) is 12.4 Å². The molecule has 150 valence electrons. The minimum atomic E-state index is -0.990. The molecule has 3 aromatic rings. The number of benzene rings is 2. The van der Waals surface area contributed by atoms with Crippen molar-refractivity contribution in [2.24, 2.45) is 5.92 Å². The molecule has 0 fully saturated rings. The van der Waals surface area contributed by atoms with Gasteiger partial charge in [0.15, 0.2) is 5.92 Å². The van der Waals surface area contributed by atoms with Crippen molar-refractivity contribution < 1.29 is 14.3 Å². The zero-order valence-electron chi connectivity index (χ0n) is 16.8. The zero-order chi connectivity index (χ0) is 20.8. The van der Waals surface area contributed by atoms with Crippen molar-refractivity contribution in [3.8, 4) is 11.1 Å². The largest absolute Gasteiger partial charge is 0.462 e. The molecule has 3 rings (SSSR count). The summed E-state index contributed by atoms with van der Waals surface area (Å²) in [6.45, 7) is 5.64. The van der Waals surface area contributed by atoms with E-state index in [0.717, 1.165) is 16.7 Å². The van der Waals surface area contributed by atoms with Gasteiger partial charge in [-0.1, -0.05) is 42.5 Å². The number of esters is 1. The van der Waals surface area contributed by atoms with Crippen molar-refractivity contribution in [2.45, 2.75) is 33.4 Å². The molecule has 0 saturated heterocycles. The number of nitrogens with one attached hydrogen (secondary N) is 1. The van der Waals surface area contributed by atoms with Crippen LogP contribution in [0.15, 0.2) is 67.3 Å². The Morgan fingerprint density at radius 1 is 1.14 bits per heavy atom. The van der Waals surface area contributed by atoms with Crippen LogP contribution in [0.3, 0.4) is 0 Å². The van der Waals surface area contributed by atoms with Crippen LogP contribution in [-0.4, -0.2) is 27.5 Å². The molecule has 0 radical (unpaired) electrons. The molecule has 2 aromatic carbocycles. The highest BCUT2D eigenvalue weighted by molar-refractivity contribution is 6.06. The highest BCUT2D eigenvalue weighted by Gasteiger charge is 2.30. The monoisotopic (exact) mass is 391 g/mol. The third kappa shape index (κ3) is 5.31. The summed E-state index contributed by atoms with van der Waals surface area (Å²) in [5.74, 6) is -1.96. The van der Waals surface area contributed by atoms with E-state index in [1.54, 1.807) is 37.1 Å². The second kappa shape index (κ2) is 9.19. The Kier molecular flexibility index (Phi) is 6.44. The number of hydrogen-bond acceptors (Lipinski definition) is 4. The topological polar surface area (TPSA) is 73.2 Å². The number of hydrogen-bond donors (Lipinski definition) is 1. The van der Waals surface area contributed by atoms with Crippen LogP contribution in [0, 0.1) is 12.8 Å². The number of aromatic nitrogens is 2. The molecule has 29 heavy (non-hydrogen) atoms. The lowest BCUT2D eigenvalue weighted by atomic mass is 10.0. The number of nitrogens with zero attached hydrogens (tertiary/aromatic N) is 2. The molecule has 0 aliphatic carbocycles. The minimum Gasteiger partial charge on any atom is -0.462 e. The Morgan fingerprint density at radius 2 is 1.90 bits per heavy atom. The molecule has 0 aliphatic heterocycles. The van der Waals surface area contributed by atoms with E-state index >= 15 is 0 Å². The van der Waals surface area contributed by atoms with Gasteiger partial charge in [0.2, 0.25) is 5.91 Å². The summed E-state index contributed by atoms with van der Waals surface area (Å²) >= 11 is 0. The number of rotatable bonds is 7. The third-order valence-electron chi connectivity index (χ3n) is 4.42. The predicted octanol–water partition coefficient (Wildman–Crippen LogP) is 4.07. The van der Waals surface area contributed by atoms with Crippen LogP contribution in [0.1, 0.15) is 19.4 Å². The highest BCUT2D eigenvalue weighted by atomic mass is 16.5. The summed E-state index contributed by atoms with van der Waals surface area (Å²) in [5.41, 5.74) is 3.55. The lowest BCUT2D eigenvalue weighted by Gasteiger charge is -2.19. The van der Waals surface area contributed by atoms with Crippen LogP contribution in [0.2, 0.25) is 0 Å². The lowest BCUT2D eigenvalue weighted by molar-refractivity contribution is -0.155. The quantitative estimate of drug-likeness (QED) is 0.487. The molecule has 0 spiro atoms. The summed E-state index contributed by atoms with van der Waals surface area (Å²) in [5, 5.41) is 2.94. The van der Waals surface area contributed by atoms with E-state index in [1.807, 2.05) is 55.5 Å². The smallest absolute Gasteiger partial charge is 0.320 e. The Bertz CT molecular complexity index is 966. The van der Waals surface area contributed by atoms with Crippen molar-refractivity contribution in [3.05, 3.63) is 72.8 Å². The van der Waals surface area contributed by atoms with Gasteiger partial charge in [-0.3, -0.25) is 9.59 Å². The van der Waals surface area contributed by atoms with Gasteiger partial charge in [-0.05, 0) is 38.0 Å².